The number of aromatic nitrogens is 2. The molecule has 2 rings (SSSR count). The van der Waals surface area contributed by atoms with E-state index in [1.165, 1.54) is 18.6 Å². The van der Waals surface area contributed by atoms with E-state index in [9.17, 15) is 9.18 Å². The van der Waals surface area contributed by atoms with Crippen molar-refractivity contribution in [1.29, 1.82) is 0 Å². The van der Waals surface area contributed by atoms with E-state index in [0.717, 1.165) is 0 Å². The van der Waals surface area contributed by atoms with Crippen molar-refractivity contribution in [1.82, 2.24) is 9.97 Å². The van der Waals surface area contributed by atoms with Crippen molar-refractivity contribution in [3.05, 3.63) is 53.7 Å². The van der Waals surface area contributed by atoms with E-state index in [2.05, 4.69) is 15.3 Å². The highest BCUT2D eigenvalue weighted by molar-refractivity contribution is 5.92. The van der Waals surface area contributed by atoms with E-state index >= 15 is 0 Å². The molecule has 1 unspecified atom stereocenters. The number of hydrogen-bond donors (Lipinski definition) is 2. The topological polar surface area (TPSA) is 75.1 Å². The number of hydrogen-bond acceptors (Lipinski definition) is 4. The number of aromatic carboxylic acids is 1. The molecule has 0 aliphatic carbocycles. The van der Waals surface area contributed by atoms with E-state index in [1.54, 1.807) is 25.1 Å². The lowest BCUT2D eigenvalue weighted by atomic mass is 10.1. The molecule has 19 heavy (non-hydrogen) atoms. The van der Waals surface area contributed by atoms with Crippen LogP contribution in [0, 0.1) is 5.82 Å². The second kappa shape index (κ2) is 5.43. The van der Waals surface area contributed by atoms with Crippen molar-refractivity contribution in [3.8, 4) is 0 Å². The summed E-state index contributed by atoms with van der Waals surface area (Å²) >= 11 is 0. The summed E-state index contributed by atoms with van der Waals surface area (Å²) in [6, 6.07) is 5.89. The third-order valence-electron chi connectivity index (χ3n) is 2.67. The molecule has 1 aromatic carbocycles. The first-order valence-electron chi connectivity index (χ1n) is 5.64. The summed E-state index contributed by atoms with van der Waals surface area (Å²) in [5, 5.41) is 11.9. The molecular weight excluding hydrogens is 249 g/mol. The van der Waals surface area contributed by atoms with Crippen LogP contribution in [0.15, 0.2) is 36.8 Å². The van der Waals surface area contributed by atoms with E-state index in [-0.39, 0.29) is 17.2 Å². The second-order valence-corrected chi connectivity index (χ2v) is 3.98. The smallest absolute Gasteiger partial charge is 0.341 e. The molecule has 2 aromatic rings. The second-order valence-electron chi connectivity index (χ2n) is 3.98. The third kappa shape index (κ3) is 2.85. The highest BCUT2D eigenvalue weighted by atomic mass is 19.1. The van der Waals surface area contributed by atoms with Gasteiger partial charge in [-0.3, -0.25) is 0 Å². The number of carboxylic acid groups (broad SMARTS) is 1. The number of carboxylic acids is 1. The van der Waals surface area contributed by atoms with Crippen LogP contribution >= 0.6 is 0 Å². The van der Waals surface area contributed by atoms with E-state index in [0.29, 0.717) is 5.56 Å². The van der Waals surface area contributed by atoms with Crippen molar-refractivity contribution in [3.63, 3.8) is 0 Å². The van der Waals surface area contributed by atoms with Gasteiger partial charge in [-0.2, -0.15) is 0 Å². The molecular formula is C13H12FN3O2. The van der Waals surface area contributed by atoms with Crippen LogP contribution in [0.5, 0.6) is 0 Å². The van der Waals surface area contributed by atoms with E-state index < -0.39 is 12.0 Å². The monoisotopic (exact) mass is 261 g/mol. The summed E-state index contributed by atoms with van der Waals surface area (Å²) in [4.78, 5) is 18.5. The van der Waals surface area contributed by atoms with Crippen LogP contribution in [-0.2, 0) is 0 Å². The van der Waals surface area contributed by atoms with Crippen LogP contribution in [0.3, 0.4) is 0 Å². The molecule has 5 nitrogen and oxygen atoms in total. The van der Waals surface area contributed by atoms with Crippen molar-refractivity contribution in [2.45, 2.75) is 13.0 Å². The summed E-state index contributed by atoms with van der Waals surface area (Å²) in [5.74, 6) is -1.32. The zero-order valence-corrected chi connectivity index (χ0v) is 10.2. The number of halogens is 1. The molecule has 0 amide bonds. The standard InChI is InChI=1S/C13H12FN3O2/c1-8(9-4-2-3-5-11(9)14)17-12-10(13(18)19)6-15-7-16-12/h2-8H,1H3,(H,18,19)(H,15,16,17). The first-order chi connectivity index (χ1) is 9.09. The maximum Gasteiger partial charge on any atom is 0.341 e. The highest BCUT2D eigenvalue weighted by Crippen LogP contribution is 2.22. The highest BCUT2D eigenvalue weighted by Gasteiger charge is 2.16. The van der Waals surface area contributed by atoms with Crippen molar-refractivity contribution in [2.75, 3.05) is 5.32 Å². The molecule has 2 N–H and O–H groups in total. The van der Waals surface area contributed by atoms with Crippen LogP contribution < -0.4 is 5.32 Å². The minimum absolute atomic E-state index is 0.0503. The molecule has 0 spiro atoms. The van der Waals surface area contributed by atoms with Crippen LogP contribution in [0.1, 0.15) is 28.9 Å². The summed E-state index contributed by atoms with van der Waals surface area (Å²) in [5.41, 5.74) is 0.392. The molecule has 0 fully saturated rings. The van der Waals surface area contributed by atoms with Gasteiger partial charge in [-0.1, -0.05) is 18.2 Å². The molecule has 1 heterocycles. The first-order valence-corrected chi connectivity index (χ1v) is 5.64. The fourth-order valence-electron chi connectivity index (χ4n) is 1.71. The summed E-state index contributed by atoms with van der Waals surface area (Å²) in [6.07, 6.45) is 2.44. The molecule has 1 aromatic heterocycles. The lowest BCUT2D eigenvalue weighted by molar-refractivity contribution is 0.0697. The number of nitrogens with one attached hydrogen (secondary N) is 1. The molecule has 0 bridgehead atoms. The van der Waals surface area contributed by atoms with E-state index in [1.807, 2.05) is 0 Å². The number of rotatable bonds is 4. The minimum Gasteiger partial charge on any atom is -0.477 e. The predicted octanol–water partition coefficient (Wildman–Crippen LogP) is 2.49. The van der Waals surface area contributed by atoms with Gasteiger partial charge in [0.25, 0.3) is 0 Å². The molecule has 6 heteroatoms. The van der Waals surface area contributed by atoms with E-state index in [4.69, 9.17) is 5.11 Å². The average Bonchev–Trinajstić information content (AvgIpc) is 2.39. The quantitative estimate of drug-likeness (QED) is 0.884. The summed E-state index contributed by atoms with van der Waals surface area (Å²) in [6.45, 7) is 1.73. The Bertz CT molecular complexity index is 604. The Morgan fingerprint density at radius 3 is 2.84 bits per heavy atom. The number of benzene rings is 1. The predicted molar refractivity (Wildman–Crippen MR) is 67.4 cm³/mol. The zero-order chi connectivity index (χ0) is 13.8. The zero-order valence-electron chi connectivity index (χ0n) is 10.2. The molecule has 0 aliphatic rings. The number of anilines is 1. The fourth-order valence-corrected chi connectivity index (χ4v) is 1.71. The third-order valence-corrected chi connectivity index (χ3v) is 2.67. The van der Waals surface area contributed by atoms with Gasteiger partial charge in [-0.15, -0.1) is 0 Å². The molecule has 0 radical (unpaired) electrons. The van der Waals surface area contributed by atoms with Crippen LogP contribution in [0.25, 0.3) is 0 Å². The van der Waals surface area contributed by atoms with Gasteiger partial charge in [-0.05, 0) is 13.0 Å². The molecule has 0 saturated carbocycles. The van der Waals surface area contributed by atoms with Crippen LogP contribution in [0.4, 0.5) is 10.2 Å². The van der Waals surface area contributed by atoms with Gasteiger partial charge < -0.3 is 10.4 Å². The van der Waals surface area contributed by atoms with Gasteiger partial charge >= 0.3 is 5.97 Å². The molecule has 1 atom stereocenters. The Labute approximate surface area is 109 Å². The van der Waals surface area contributed by atoms with Crippen LogP contribution in [0.2, 0.25) is 0 Å². The Morgan fingerprint density at radius 1 is 1.42 bits per heavy atom. The van der Waals surface area contributed by atoms with Gasteiger partial charge in [-0.25, -0.2) is 19.2 Å². The Morgan fingerprint density at radius 2 is 2.16 bits per heavy atom. The number of carbonyl (C=O) groups is 1. The first kappa shape index (κ1) is 12.9. The maximum atomic E-state index is 13.6. The van der Waals surface area contributed by atoms with Gasteiger partial charge in [0.15, 0.2) is 0 Å². The SMILES string of the molecule is CC(Nc1ncncc1C(=O)O)c1ccccc1F. The van der Waals surface area contributed by atoms with Gasteiger partial charge in [0, 0.05) is 11.8 Å². The van der Waals surface area contributed by atoms with Gasteiger partial charge in [0.2, 0.25) is 0 Å². The molecule has 0 saturated heterocycles. The largest absolute Gasteiger partial charge is 0.477 e. The van der Waals surface area contributed by atoms with Crippen LogP contribution in [-0.4, -0.2) is 21.0 Å². The Balaban J connectivity index is 2.27. The Hall–Kier alpha value is -2.50. The summed E-state index contributed by atoms with van der Waals surface area (Å²) in [7, 11) is 0. The fraction of sp³-hybridized carbons (Fsp3) is 0.154. The Kier molecular flexibility index (Phi) is 3.70. The van der Waals surface area contributed by atoms with Crippen molar-refractivity contribution < 1.29 is 14.3 Å². The minimum atomic E-state index is -1.14. The summed E-state index contributed by atoms with van der Waals surface area (Å²) < 4.78 is 13.6. The molecule has 98 valence electrons. The normalized spacial score (nSPS) is 11.9. The van der Waals surface area contributed by atoms with Gasteiger partial charge in [0.1, 0.15) is 23.5 Å². The lowest BCUT2D eigenvalue weighted by Crippen LogP contribution is -2.13. The van der Waals surface area contributed by atoms with Gasteiger partial charge in [0.05, 0.1) is 6.04 Å². The lowest BCUT2D eigenvalue weighted by Gasteiger charge is -2.16. The maximum absolute atomic E-state index is 13.6. The van der Waals surface area contributed by atoms with Crippen molar-refractivity contribution >= 4 is 11.8 Å². The molecule has 0 aliphatic heterocycles. The average molecular weight is 261 g/mol. The van der Waals surface area contributed by atoms with Crippen molar-refractivity contribution in [2.24, 2.45) is 0 Å². The number of nitrogens with zero attached hydrogens (tertiary/aromatic N) is 2.